The summed E-state index contributed by atoms with van der Waals surface area (Å²) in [7, 11) is 3.30. The summed E-state index contributed by atoms with van der Waals surface area (Å²) in [5, 5.41) is 15.3. The summed E-state index contributed by atoms with van der Waals surface area (Å²) >= 11 is 0. The predicted octanol–water partition coefficient (Wildman–Crippen LogP) is 2.55. The lowest BCUT2D eigenvalue weighted by atomic mass is 10.1. The third-order valence-corrected chi connectivity index (χ3v) is 4.81. The van der Waals surface area contributed by atoms with Gasteiger partial charge in [0, 0.05) is 26.1 Å². The Labute approximate surface area is 189 Å². The number of guanidine groups is 1. The number of ether oxygens (including phenoxy) is 2. The number of nitrogens with one attached hydrogen (secondary N) is 2. The summed E-state index contributed by atoms with van der Waals surface area (Å²) in [4.78, 5) is 4.68. The van der Waals surface area contributed by atoms with E-state index in [1.54, 1.807) is 14.2 Å². The average molecular weight is 514 g/mol. The molecule has 2 N–H and O–H groups in total. The first-order chi connectivity index (χ1) is 13.7. The molecular weight excluding hydrogens is 483 g/mol. The minimum Gasteiger partial charge on any atom is -0.493 e. The highest BCUT2D eigenvalue weighted by Gasteiger charge is 2.15. The van der Waals surface area contributed by atoms with Crippen molar-refractivity contribution in [2.45, 2.75) is 45.7 Å². The van der Waals surface area contributed by atoms with Gasteiger partial charge in [0.05, 0.1) is 14.2 Å². The average Bonchev–Trinajstić information content (AvgIpc) is 3.15. The van der Waals surface area contributed by atoms with E-state index in [1.165, 1.54) is 18.4 Å². The Morgan fingerprint density at radius 2 is 1.97 bits per heavy atom. The lowest BCUT2D eigenvalue weighted by Crippen LogP contribution is -2.38. The molecule has 1 aliphatic heterocycles. The van der Waals surface area contributed by atoms with E-state index in [0.717, 1.165) is 61.6 Å². The van der Waals surface area contributed by atoms with Crippen LogP contribution in [0.1, 0.15) is 37.0 Å². The molecule has 0 bridgehead atoms. The quantitative estimate of drug-likeness (QED) is 0.320. The fourth-order valence-corrected chi connectivity index (χ4v) is 3.34. The molecule has 9 heteroatoms. The van der Waals surface area contributed by atoms with Crippen LogP contribution in [0.15, 0.2) is 23.2 Å². The van der Waals surface area contributed by atoms with E-state index in [9.17, 15) is 0 Å². The molecule has 0 saturated carbocycles. The molecule has 0 fully saturated rings. The summed E-state index contributed by atoms with van der Waals surface area (Å²) < 4.78 is 12.9. The molecule has 0 atom stereocenters. The SMILES string of the molecule is CCNC(=NCc1nnc2n1CCCC2)NCCc1ccc(OC)c(OC)c1.I. The molecule has 8 nitrogen and oxygen atoms in total. The molecule has 1 aliphatic rings. The van der Waals surface area contributed by atoms with Crippen LogP contribution in [0.5, 0.6) is 11.5 Å². The largest absolute Gasteiger partial charge is 0.493 e. The Hall–Kier alpha value is -2.04. The molecule has 0 spiro atoms. The van der Waals surface area contributed by atoms with Gasteiger partial charge in [0.2, 0.25) is 0 Å². The Balaban J connectivity index is 0.00000300. The maximum absolute atomic E-state index is 5.37. The molecule has 0 unspecified atom stereocenters. The van der Waals surface area contributed by atoms with Gasteiger partial charge in [0.1, 0.15) is 12.4 Å². The van der Waals surface area contributed by atoms with Crippen LogP contribution in [0.3, 0.4) is 0 Å². The molecular formula is C20H31IN6O2. The second-order valence-electron chi connectivity index (χ2n) is 6.70. The fraction of sp³-hybridized carbons (Fsp3) is 0.550. The predicted molar refractivity (Wildman–Crippen MR) is 124 cm³/mol. The number of methoxy groups -OCH3 is 2. The smallest absolute Gasteiger partial charge is 0.191 e. The number of hydrogen-bond acceptors (Lipinski definition) is 5. The van der Waals surface area contributed by atoms with E-state index in [1.807, 2.05) is 12.1 Å². The highest BCUT2D eigenvalue weighted by atomic mass is 127. The van der Waals surface area contributed by atoms with Gasteiger partial charge in [0.15, 0.2) is 23.3 Å². The summed E-state index contributed by atoms with van der Waals surface area (Å²) in [5.74, 6) is 4.30. The molecule has 1 aromatic carbocycles. The number of benzene rings is 1. The van der Waals surface area contributed by atoms with E-state index in [2.05, 4.69) is 43.4 Å². The van der Waals surface area contributed by atoms with E-state index >= 15 is 0 Å². The van der Waals surface area contributed by atoms with Crippen molar-refractivity contribution in [1.29, 1.82) is 0 Å². The minimum absolute atomic E-state index is 0. The topological polar surface area (TPSA) is 85.6 Å². The van der Waals surface area contributed by atoms with Crippen LogP contribution >= 0.6 is 24.0 Å². The first-order valence-electron chi connectivity index (χ1n) is 9.89. The fourth-order valence-electron chi connectivity index (χ4n) is 3.34. The normalized spacial score (nSPS) is 13.3. The molecule has 0 saturated heterocycles. The second-order valence-corrected chi connectivity index (χ2v) is 6.70. The van der Waals surface area contributed by atoms with Gasteiger partial charge in [0.25, 0.3) is 0 Å². The van der Waals surface area contributed by atoms with Gasteiger partial charge in [-0.3, -0.25) is 0 Å². The van der Waals surface area contributed by atoms with Crippen molar-refractivity contribution in [3.63, 3.8) is 0 Å². The number of halogens is 1. The van der Waals surface area contributed by atoms with Gasteiger partial charge >= 0.3 is 0 Å². The zero-order valence-electron chi connectivity index (χ0n) is 17.4. The van der Waals surface area contributed by atoms with Crippen molar-refractivity contribution >= 4 is 29.9 Å². The van der Waals surface area contributed by atoms with Gasteiger partial charge in [-0.15, -0.1) is 34.2 Å². The lowest BCUT2D eigenvalue weighted by molar-refractivity contribution is 0.354. The van der Waals surface area contributed by atoms with Crippen LogP contribution in [0.4, 0.5) is 0 Å². The van der Waals surface area contributed by atoms with Gasteiger partial charge in [-0.05, 0) is 43.9 Å². The maximum Gasteiger partial charge on any atom is 0.191 e. The molecule has 1 aromatic heterocycles. The van der Waals surface area contributed by atoms with Crippen molar-refractivity contribution < 1.29 is 9.47 Å². The van der Waals surface area contributed by atoms with Crippen molar-refractivity contribution in [1.82, 2.24) is 25.4 Å². The van der Waals surface area contributed by atoms with Crippen LogP contribution < -0.4 is 20.1 Å². The Morgan fingerprint density at radius 3 is 2.72 bits per heavy atom. The number of aryl methyl sites for hydroxylation is 1. The lowest BCUT2D eigenvalue weighted by Gasteiger charge is -2.15. The summed E-state index contributed by atoms with van der Waals surface area (Å²) in [6.07, 6.45) is 4.25. The molecule has 0 amide bonds. The molecule has 29 heavy (non-hydrogen) atoms. The number of hydrogen-bond donors (Lipinski definition) is 2. The number of aliphatic imine (C=N–C) groups is 1. The molecule has 160 valence electrons. The van der Waals surface area contributed by atoms with Crippen molar-refractivity contribution in [3.05, 3.63) is 35.4 Å². The number of aromatic nitrogens is 3. The van der Waals surface area contributed by atoms with E-state index in [0.29, 0.717) is 6.54 Å². The zero-order chi connectivity index (χ0) is 19.8. The Morgan fingerprint density at radius 1 is 1.14 bits per heavy atom. The number of nitrogens with zero attached hydrogens (tertiary/aromatic N) is 4. The van der Waals surface area contributed by atoms with Gasteiger partial charge in [-0.25, -0.2) is 4.99 Å². The van der Waals surface area contributed by atoms with Crippen LogP contribution in [-0.4, -0.2) is 48.0 Å². The van der Waals surface area contributed by atoms with Gasteiger partial charge in [-0.1, -0.05) is 6.07 Å². The van der Waals surface area contributed by atoms with Crippen LogP contribution in [0.2, 0.25) is 0 Å². The standard InChI is InChI=1S/C20H30N6O2.HI/c1-4-21-20(23-14-19-25-24-18-7-5-6-12-26(18)19)22-11-10-15-8-9-16(27-2)17(13-15)28-3;/h8-9,13H,4-7,10-12,14H2,1-3H3,(H2,21,22,23);1H. The molecule has 0 aliphatic carbocycles. The van der Waals surface area contributed by atoms with Gasteiger partial charge < -0.3 is 24.7 Å². The van der Waals surface area contributed by atoms with E-state index in [4.69, 9.17) is 9.47 Å². The van der Waals surface area contributed by atoms with Crippen LogP contribution in [0.25, 0.3) is 0 Å². The number of fused-ring (bicyclic) bond motifs is 1. The first kappa shape index (κ1) is 23.2. The number of rotatable bonds is 8. The van der Waals surface area contributed by atoms with E-state index < -0.39 is 0 Å². The third-order valence-electron chi connectivity index (χ3n) is 4.81. The van der Waals surface area contributed by atoms with Crippen molar-refractivity contribution in [3.8, 4) is 11.5 Å². The zero-order valence-corrected chi connectivity index (χ0v) is 19.7. The summed E-state index contributed by atoms with van der Waals surface area (Å²) in [5.41, 5.74) is 1.17. The Kier molecular flexibility index (Phi) is 9.49. The van der Waals surface area contributed by atoms with Crippen LogP contribution in [-0.2, 0) is 25.9 Å². The molecule has 2 heterocycles. The molecule has 3 rings (SSSR count). The second kappa shape index (κ2) is 11.8. The first-order valence-corrected chi connectivity index (χ1v) is 9.89. The maximum atomic E-state index is 5.37. The van der Waals surface area contributed by atoms with E-state index in [-0.39, 0.29) is 24.0 Å². The van der Waals surface area contributed by atoms with Crippen molar-refractivity contribution in [2.24, 2.45) is 4.99 Å². The molecule has 2 aromatic rings. The highest BCUT2D eigenvalue weighted by Crippen LogP contribution is 2.27. The molecule has 0 radical (unpaired) electrons. The summed E-state index contributed by atoms with van der Waals surface area (Å²) in [6, 6.07) is 5.99. The van der Waals surface area contributed by atoms with Crippen molar-refractivity contribution in [2.75, 3.05) is 27.3 Å². The minimum atomic E-state index is 0. The summed E-state index contributed by atoms with van der Waals surface area (Å²) in [6.45, 7) is 5.15. The highest BCUT2D eigenvalue weighted by molar-refractivity contribution is 14.0. The monoisotopic (exact) mass is 514 g/mol. The van der Waals surface area contributed by atoms with Gasteiger partial charge in [-0.2, -0.15) is 0 Å². The van der Waals surface area contributed by atoms with Crippen LogP contribution in [0, 0.1) is 0 Å². The third kappa shape index (κ3) is 6.22. The Bertz CT molecular complexity index is 808.